The molecule has 2 aliphatic rings. The van der Waals surface area contributed by atoms with Gasteiger partial charge in [0.05, 0.1) is 0 Å². The molecule has 190 valence electrons. The summed E-state index contributed by atoms with van der Waals surface area (Å²) in [5.74, 6) is -1.30. The molecule has 0 radical (unpaired) electrons. The van der Waals surface area contributed by atoms with E-state index in [2.05, 4.69) is 38.2 Å². The molecule has 4 rings (SSSR count). The lowest BCUT2D eigenvalue weighted by Gasteiger charge is -2.51. The van der Waals surface area contributed by atoms with Gasteiger partial charge in [-0.15, -0.1) is 0 Å². The second-order valence-electron chi connectivity index (χ2n) is 10.4. The monoisotopic (exact) mass is 491 g/mol. The second kappa shape index (κ2) is 9.76. The Morgan fingerprint density at radius 1 is 1.06 bits per heavy atom. The van der Waals surface area contributed by atoms with Crippen molar-refractivity contribution in [3.05, 3.63) is 59.7 Å². The van der Waals surface area contributed by atoms with Crippen molar-refractivity contribution in [3.8, 4) is 0 Å². The summed E-state index contributed by atoms with van der Waals surface area (Å²) in [6, 6.07) is 15.6. The Bertz CT molecular complexity index is 1190. The highest BCUT2D eigenvalue weighted by atomic mass is 16.5. The summed E-state index contributed by atoms with van der Waals surface area (Å²) in [5, 5.41) is 2.79. The van der Waals surface area contributed by atoms with Gasteiger partial charge < -0.3 is 19.9 Å². The molecule has 0 bridgehead atoms. The Morgan fingerprint density at radius 2 is 1.78 bits per heavy atom. The van der Waals surface area contributed by atoms with E-state index >= 15 is 0 Å². The van der Waals surface area contributed by atoms with Crippen molar-refractivity contribution >= 4 is 35.1 Å². The molecule has 3 amide bonds. The third-order valence-corrected chi connectivity index (χ3v) is 7.09. The topological polar surface area (TPSA) is 96.0 Å². The van der Waals surface area contributed by atoms with E-state index in [1.165, 1.54) is 4.90 Å². The van der Waals surface area contributed by atoms with Crippen LogP contribution in [-0.2, 0) is 29.3 Å². The minimum atomic E-state index is -0.691. The molecule has 2 heterocycles. The molecule has 0 aromatic heterocycles. The fourth-order valence-corrected chi connectivity index (χ4v) is 5.65. The van der Waals surface area contributed by atoms with Crippen LogP contribution >= 0.6 is 0 Å². The van der Waals surface area contributed by atoms with Crippen molar-refractivity contribution in [1.29, 1.82) is 0 Å². The van der Waals surface area contributed by atoms with Crippen LogP contribution in [0.3, 0.4) is 0 Å². The van der Waals surface area contributed by atoms with Crippen LogP contribution in [0, 0.1) is 0 Å². The standard InChI is InChI=1S/C28H33N3O5/c1-19(32)31-23-13-12-21(29-24(33)16-26(35)36-18-30-14-8-11-25(30)34)15-22(23)28(4,17-27(31,2)3)20-9-6-5-7-10-20/h5-7,9-10,12-13,15H,8,11,14,16-18H2,1-4H3,(H,29,33). The quantitative estimate of drug-likeness (QED) is 0.487. The molecule has 1 unspecified atom stereocenters. The van der Waals surface area contributed by atoms with Gasteiger partial charge in [0.2, 0.25) is 17.7 Å². The second-order valence-corrected chi connectivity index (χ2v) is 10.4. The number of amides is 3. The summed E-state index contributed by atoms with van der Waals surface area (Å²) in [5.41, 5.74) is 2.55. The van der Waals surface area contributed by atoms with Crippen LogP contribution in [0.1, 0.15) is 64.5 Å². The summed E-state index contributed by atoms with van der Waals surface area (Å²) in [6.45, 7) is 8.28. The molecule has 8 heteroatoms. The van der Waals surface area contributed by atoms with E-state index in [1.54, 1.807) is 13.0 Å². The zero-order valence-corrected chi connectivity index (χ0v) is 21.3. The number of anilines is 2. The SMILES string of the molecule is CC(=O)N1c2ccc(NC(=O)CC(=O)OCN3CCCC3=O)cc2C(C)(c2ccccc2)CC1(C)C. The van der Waals surface area contributed by atoms with Crippen LogP contribution in [0.4, 0.5) is 11.4 Å². The van der Waals surface area contributed by atoms with E-state index in [0.717, 1.165) is 23.2 Å². The molecule has 1 N–H and O–H groups in total. The number of carbonyl (C=O) groups excluding carboxylic acids is 4. The first-order valence-corrected chi connectivity index (χ1v) is 12.3. The van der Waals surface area contributed by atoms with Gasteiger partial charge in [-0.1, -0.05) is 37.3 Å². The van der Waals surface area contributed by atoms with Gasteiger partial charge in [-0.05, 0) is 56.0 Å². The first-order valence-electron chi connectivity index (χ1n) is 12.3. The molecule has 36 heavy (non-hydrogen) atoms. The van der Waals surface area contributed by atoms with Crippen molar-refractivity contribution in [2.24, 2.45) is 0 Å². The number of carbonyl (C=O) groups is 4. The van der Waals surface area contributed by atoms with Crippen molar-refractivity contribution in [3.63, 3.8) is 0 Å². The molecular formula is C28H33N3O5. The highest BCUT2D eigenvalue weighted by Crippen LogP contribution is 2.51. The third-order valence-electron chi connectivity index (χ3n) is 7.09. The maximum absolute atomic E-state index is 12.7. The highest BCUT2D eigenvalue weighted by Gasteiger charge is 2.47. The molecule has 1 atom stereocenters. The molecule has 1 saturated heterocycles. The van der Waals surface area contributed by atoms with Crippen LogP contribution in [0.5, 0.6) is 0 Å². The van der Waals surface area contributed by atoms with E-state index in [-0.39, 0.29) is 18.5 Å². The number of hydrogen-bond acceptors (Lipinski definition) is 5. The van der Waals surface area contributed by atoms with Gasteiger partial charge in [0.25, 0.3) is 0 Å². The lowest BCUT2D eigenvalue weighted by atomic mass is 9.65. The summed E-state index contributed by atoms with van der Waals surface area (Å²) < 4.78 is 5.11. The summed E-state index contributed by atoms with van der Waals surface area (Å²) >= 11 is 0. The van der Waals surface area contributed by atoms with Crippen molar-refractivity contribution < 1.29 is 23.9 Å². The fourth-order valence-electron chi connectivity index (χ4n) is 5.65. The number of benzene rings is 2. The Labute approximate surface area is 211 Å². The zero-order chi connectivity index (χ0) is 26.1. The number of nitrogens with one attached hydrogen (secondary N) is 1. The number of hydrogen-bond donors (Lipinski definition) is 1. The number of fused-ring (bicyclic) bond motifs is 1. The minimum Gasteiger partial charge on any atom is -0.444 e. The van der Waals surface area contributed by atoms with E-state index in [9.17, 15) is 19.2 Å². The molecule has 0 aliphatic carbocycles. The van der Waals surface area contributed by atoms with Crippen LogP contribution in [-0.4, -0.2) is 47.4 Å². The number of esters is 1. The van der Waals surface area contributed by atoms with Crippen molar-refractivity contribution in [2.45, 2.75) is 64.3 Å². The average molecular weight is 492 g/mol. The third kappa shape index (κ3) is 4.98. The highest BCUT2D eigenvalue weighted by molar-refractivity contribution is 6.02. The minimum absolute atomic E-state index is 0.0487. The van der Waals surface area contributed by atoms with Gasteiger partial charge in [0, 0.05) is 42.2 Å². The van der Waals surface area contributed by atoms with E-state index in [1.807, 2.05) is 35.2 Å². The molecule has 2 aromatic carbocycles. The lowest BCUT2D eigenvalue weighted by molar-refractivity contribution is -0.152. The summed E-state index contributed by atoms with van der Waals surface area (Å²) in [6.07, 6.45) is 1.43. The average Bonchev–Trinajstić information content (AvgIpc) is 3.22. The Kier molecular flexibility index (Phi) is 6.89. The smallest absolute Gasteiger partial charge is 0.317 e. The first kappa shape index (κ1) is 25.4. The zero-order valence-electron chi connectivity index (χ0n) is 21.3. The van der Waals surface area contributed by atoms with Crippen LogP contribution in [0.15, 0.2) is 48.5 Å². The maximum Gasteiger partial charge on any atom is 0.317 e. The van der Waals surface area contributed by atoms with Gasteiger partial charge in [-0.3, -0.25) is 19.2 Å². The molecule has 8 nitrogen and oxygen atoms in total. The molecule has 2 aliphatic heterocycles. The van der Waals surface area contributed by atoms with Gasteiger partial charge in [0.1, 0.15) is 6.42 Å². The van der Waals surface area contributed by atoms with Crippen LogP contribution in [0.2, 0.25) is 0 Å². The van der Waals surface area contributed by atoms with Crippen LogP contribution < -0.4 is 10.2 Å². The van der Waals surface area contributed by atoms with Gasteiger partial charge >= 0.3 is 5.97 Å². The Hall–Kier alpha value is -3.68. The van der Waals surface area contributed by atoms with Gasteiger partial charge in [-0.25, -0.2) is 0 Å². The molecule has 1 fully saturated rings. The predicted molar refractivity (Wildman–Crippen MR) is 136 cm³/mol. The Morgan fingerprint density at radius 3 is 2.42 bits per heavy atom. The van der Waals surface area contributed by atoms with E-state index in [4.69, 9.17) is 4.74 Å². The number of rotatable bonds is 6. The fraction of sp³-hybridized carbons (Fsp3) is 0.429. The maximum atomic E-state index is 12.7. The van der Waals surface area contributed by atoms with Gasteiger partial charge in [0.15, 0.2) is 6.73 Å². The Balaban J connectivity index is 1.56. The molecule has 2 aromatic rings. The largest absolute Gasteiger partial charge is 0.444 e. The lowest BCUT2D eigenvalue weighted by Crippen LogP contribution is -2.55. The summed E-state index contributed by atoms with van der Waals surface area (Å²) in [4.78, 5) is 52.4. The van der Waals surface area contributed by atoms with E-state index in [0.29, 0.717) is 25.1 Å². The number of nitrogens with zero attached hydrogens (tertiary/aromatic N) is 2. The number of ether oxygens (including phenoxy) is 1. The molecule has 0 saturated carbocycles. The van der Waals surface area contributed by atoms with E-state index < -0.39 is 29.3 Å². The molecule has 0 spiro atoms. The van der Waals surface area contributed by atoms with Crippen molar-refractivity contribution in [1.82, 2.24) is 4.90 Å². The normalized spacial score (nSPS) is 20.6. The molecular weight excluding hydrogens is 458 g/mol. The van der Waals surface area contributed by atoms with Gasteiger partial charge in [-0.2, -0.15) is 0 Å². The summed E-state index contributed by atoms with van der Waals surface area (Å²) in [7, 11) is 0. The van der Waals surface area contributed by atoms with Crippen molar-refractivity contribution in [2.75, 3.05) is 23.5 Å². The van der Waals surface area contributed by atoms with Crippen LogP contribution in [0.25, 0.3) is 0 Å². The first-order chi connectivity index (χ1) is 17.0. The predicted octanol–water partition coefficient (Wildman–Crippen LogP) is 3.98. The number of likely N-dealkylation sites (tertiary alicyclic amines) is 1.